The SMILES string of the molecule is CC(N)Cc1cccc(OC(C)(C)C)n1. The number of pyridine rings is 1. The van der Waals surface area contributed by atoms with E-state index in [4.69, 9.17) is 10.5 Å². The number of aromatic nitrogens is 1. The van der Waals surface area contributed by atoms with Crippen molar-refractivity contribution >= 4 is 0 Å². The minimum Gasteiger partial charge on any atom is -0.472 e. The van der Waals surface area contributed by atoms with E-state index < -0.39 is 0 Å². The van der Waals surface area contributed by atoms with Gasteiger partial charge >= 0.3 is 0 Å². The number of hydrogen-bond acceptors (Lipinski definition) is 3. The van der Waals surface area contributed by atoms with Crippen molar-refractivity contribution in [2.24, 2.45) is 5.73 Å². The van der Waals surface area contributed by atoms with Crippen LogP contribution in [-0.2, 0) is 6.42 Å². The Hall–Kier alpha value is -1.09. The van der Waals surface area contributed by atoms with Crippen molar-refractivity contribution in [3.8, 4) is 5.88 Å². The molecule has 0 aliphatic rings. The van der Waals surface area contributed by atoms with Gasteiger partial charge in [-0.3, -0.25) is 0 Å². The van der Waals surface area contributed by atoms with E-state index in [-0.39, 0.29) is 11.6 Å². The van der Waals surface area contributed by atoms with Crippen molar-refractivity contribution in [2.75, 3.05) is 0 Å². The Morgan fingerprint density at radius 3 is 2.60 bits per heavy atom. The molecule has 1 unspecified atom stereocenters. The molecule has 0 aliphatic heterocycles. The molecule has 15 heavy (non-hydrogen) atoms. The number of ether oxygens (including phenoxy) is 1. The molecule has 1 atom stereocenters. The van der Waals surface area contributed by atoms with Crippen molar-refractivity contribution in [1.82, 2.24) is 4.98 Å². The summed E-state index contributed by atoms with van der Waals surface area (Å²) in [7, 11) is 0. The molecule has 2 N–H and O–H groups in total. The van der Waals surface area contributed by atoms with Crippen LogP contribution in [0.3, 0.4) is 0 Å². The summed E-state index contributed by atoms with van der Waals surface area (Å²) < 4.78 is 5.67. The molecule has 0 bridgehead atoms. The third kappa shape index (κ3) is 4.79. The second-order valence-corrected chi connectivity index (χ2v) is 4.86. The summed E-state index contributed by atoms with van der Waals surface area (Å²) >= 11 is 0. The molecule has 0 saturated carbocycles. The maximum absolute atomic E-state index is 5.72. The van der Waals surface area contributed by atoms with Gasteiger partial charge in [0.2, 0.25) is 5.88 Å². The van der Waals surface area contributed by atoms with Crippen LogP contribution in [0.2, 0.25) is 0 Å². The highest BCUT2D eigenvalue weighted by Crippen LogP contribution is 2.15. The Morgan fingerprint density at radius 1 is 1.40 bits per heavy atom. The molecular formula is C12H20N2O. The van der Waals surface area contributed by atoms with Crippen molar-refractivity contribution in [3.05, 3.63) is 23.9 Å². The van der Waals surface area contributed by atoms with Gasteiger partial charge in [-0.25, -0.2) is 4.98 Å². The van der Waals surface area contributed by atoms with Crippen molar-refractivity contribution < 1.29 is 4.74 Å². The first-order valence-corrected chi connectivity index (χ1v) is 5.27. The number of hydrogen-bond donors (Lipinski definition) is 1. The Morgan fingerprint density at radius 2 is 2.07 bits per heavy atom. The van der Waals surface area contributed by atoms with Crippen LogP contribution < -0.4 is 10.5 Å². The van der Waals surface area contributed by atoms with Gasteiger partial charge in [0, 0.05) is 24.2 Å². The summed E-state index contributed by atoms with van der Waals surface area (Å²) in [6.07, 6.45) is 0.779. The minimum atomic E-state index is -0.208. The molecule has 1 rings (SSSR count). The zero-order valence-corrected chi connectivity index (χ0v) is 9.95. The standard InChI is InChI=1S/C12H20N2O/c1-9(13)8-10-6-5-7-11(14-10)15-12(2,3)4/h5-7,9H,8,13H2,1-4H3. The first kappa shape index (κ1) is 12.0. The Kier molecular flexibility index (Phi) is 3.69. The normalized spacial score (nSPS) is 13.7. The van der Waals surface area contributed by atoms with Gasteiger partial charge < -0.3 is 10.5 Å². The fraction of sp³-hybridized carbons (Fsp3) is 0.583. The Labute approximate surface area is 91.7 Å². The monoisotopic (exact) mass is 208 g/mol. The van der Waals surface area contributed by atoms with Crippen LogP contribution in [0.15, 0.2) is 18.2 Å². The summed E-state index contributed by atoms with van der Waals surface area (Å²) in [5.74, 6) is 0.667. The second-order valence-electron chi connectivity index (χ2n) is 4.86. The Bertz CT molecular complexity index is 316. The molecule has 0 amide bonds. The van der Waals surface area contributed by atoms with E-state index in [0.717, 1.165) is 12.1 Å². The zero-order chi connectivity index (χ0) is 11.5. The molecule has 3 heteroatoms. The summed E-state index contributed by atoms with van der Waals surface area (Å²) in [5.41, 5.74) is 6.49. The summed E-state index contributed by atoms with van der Waals surface area (Å²) in [5, 5.41) is 0. The molecule has 0 saturated heterocycles. The minimum absolute atomic E-state index is 0.127. The maximum Gasteiger partial charge on any atom is 0.213 e. The van der Waals surface area contributed by atoms with E-state index >= 15 is 0 Å². The first-order valence-electron chi connectivity index (χ1n) is 5.27. The van der Waals surface area contributed by atoms with Gasteiger partial charge in [0.25, 0.3) is 0 Å². The van der Waals surface area contributed by atoms with Crippen LogP contribution in [0.5, 0.6) is 5.88 Å². The lowest BCUT2D eigenvalue weighted by molar-refractivity contribution is 0.124. The molecule has 84 valence electrons. The quantitative estimate of drug-likeness (QED) is 0.828. The lowest BCUT2D eigenvalue weighted by atomic mass is 10.2. The highest BCUT2D eigenvalue weighted by molar-refractivity contribution is 5.17. The van der Waals surface area contributed by atoms with Gasteiger partial charge in [0.1, 0.15) is 5.60 Å². The third-order valence-electron chi connectivity index (χ3n) is 1.72. The van der Waals surface area contributed by atoms with Crippen molar-refractivity contribution in [2.45, 2.75) is 45.8 Å². The predicted octanol–water partition coefficient (Wildman–Crippen LogP) is 2.15. The van der Waals surface area contributed by atoms with Crippen LogP contribution in [0.1, 0.15) is 33.4 Å². The van der Waals surface area contributed by atoms with Gasteiger partial charge in [-0.05, 0) is 33.8 Å². The van der Waals surface area contributed by atoms with E-state index in [2.05, 4.69) is 4.98 Å². The van der Waals surface area contributed by atoms with Crippen LogP contribution in [0.4, 0.5) is 0 Å². The lowest BCUT2D eigenvalue weighted by Crippen LogP contribution is -2.24. The molecule has 1 aromatic rings. The maximum atomic E-state index is 5.72. The molecule has 0 radical (unpaired) electrons. The molecule has 0 aromatic carbocycles. The van der Waals surface area contributed by atoms with Crippen LogP contribution >= 0.6 is 0 Å². The van der Waals surface area contributed by atoms with E-state index in [1.54, 1.807) is 0 Å². The summed E-state index contributed by atoms with van der Waals surface area (Å²) in [6, 6.07) is 5.92. The molecule has 1 aromatic heterocycles. The fourth-order valence-corrected chi connectivity index (χ4v) is 1.27. The summed E-state index contributed by atoms with van der Waals surface area (Å²) in [4.78, 5) is 4.40. The highest BCUT2D eigenvalue weighted by atomic mass is 16.5. The van der Waals surface area contributed by atoms with Gasteiger partial charge in [-0.2, -0.15) is 0 Å². The van der Waals surface area contributed by atoms with E-state index in [1.807, 2.05) is 45.9 Å². The fourth-order valence-electron chi connectivity index (χ4n) is 1.27. The van der Waals surface area contributed by atoms with Crippen LogP contribution in [0, 0.1) is 0 Å². The number of rotatable bonds is 3. The largest absolute Gasteiger partial charge is 0.472 e. The van der Waals surface area contributed by atoms with Gasteiger partial charge in [0.15, 0.2) is 0 Å². The van der Waals surface area contributed by atoms with E-state index in [1.165, 1.54) is 0 Å². The van der Waals surface area contributed by atoms with Crippen LogP contribution in [0.25, 0.3) is 0 Å². The van der Waals surface area contributed by atoms with Gasteiger partial charge in [0.05, 0.1) is 0 Å². The van der Waals surface area contributed by atoms with Gasteiger partial charge in [-0.1, -0.05) is 6.07 Å². The molecule has 1 heterocycles. The highest BCUT2D eigenvalue weighted by Gasteiger charge is 2.12. The van der Waals surface area contributed by atoms with Crippen molar-refractivity contribution in [1.29, 1.82) is 0 Å². The molecule has 3 nitrogen and oxygen atoms in total. The van der Waals surface area contributed by atoms with E-state index in [9.17, 15) is 0 Å². The second kappa shape index (κ2) is 4.62. The number of nitrogens with two attached hydrogens (primary N) is 1. The summed E-state index contributed by atoms with van der Waals surface area (Å²) in [6.45, 7) is 7.99. The first-order chi connectivity index (χ1) is 6.87. The average Bonchev–Trinajstić information content (AvgIpc) is 1.99. The Balaban J connectivity index is 2.74. The molecule has 0 spiro atoms. The predicted molar refractivity (Wildman–Crippen MR) is 62.0 cm³/mol. The molecule has 0 aliphatic carbocycles. The average molecular weight is 208 g/mol. The van der Waals surface area contributed by atoms with E-state index in [0.29, 0.717) is 5.88 Å². The zero-order valence-electron chi connectivity index (χ0n) is 9.95. The molecule has 0 fully saturated rings. The van der Waals surface area contributed by atoms with Crippen LogP contribution in [-0.4, -0.2) is 16.6 Å². The number of nitrogens with zero attached hydrogens (tertiary/aromatic N) is 1. The van der Waals surface area contributed by atoms with Gasteiger partial charge in [-0.15, -0.1) is 0 Å². The van der Waals surface area contributed by atoms with Crippen molar-refractivity contribution in [3.63, 3.8) is 0 Å². The third-order valence-corrected chi connectivity index (χ3v) is 1.72. The smallest absolute Gasteiger partial charge is 0.213 e. The lowest BCUT2D eigenvalue weighted by Gasteiger charge is -2.20. The molecular weight excluding hydrogens is 188 g/mol. The topological polar surface area (TPSA) is 48.1 Å².